The number of amides is 1. The van der Waals surface area contributed by atoms with Crippen LogP contribution in [-0.4, -0.2) is 11.9 Å². The van der Waals surface area contributed by atoms with Crippen molar-refractivity contribution in [2.75, 3.05) is 10.6 Å². The van der Waals surface area contributed by atoms with Gasteiger partial charge in [-0.15, -0.1) is 0 Å². The fraction of sp³-hybridized carbons (Fsp3) is 0.350. The molecule has 2 aromatic rings. The molecule has 132 valence electrons. The molecule has 1 aliphatic rings. The van der Waals surface area contributed by atoms with Crippen molar-refractivity contribution in [2.24, 2.45) is 11.7 Å². The van der Waals surface area contributed by atoms with Crippen LogP contribution in [0.25, 0.3) is 0 Å². The zero-order chi connectivity index (χ0) is 17.6. The Labute approximate surface area is 153 Å². The summed E-state index contributed by atoms with van der Waals surface area (Å²) < 4.78 is 0. The molecule has 4 N–H and O–H groups in total. The highest BCUT2D eigenvalue weighted by molar-refractivity contribution is 6.33. The monoisotopic (exact) mass is 357 g/mol. The number of carbonyl (C=O) groups excluding carboxylic acids is 1. The average Bonchev–Trinajstić information content (AvgIpc) is 2.62. The summed E-state index contributed by atoms with van der Waals surface area (Å²) in [6.07, 6.45) is 3.69. The number of carbonyl (C=O) groups is 1. The second-order valence-corrected chi connectivity index (χ2v) is 7.05. The van der Waals surface area contributed by atoms with Crippen molar-refractivity contribution >= 4 is 28.9 Å². The molecule has 0 aliphatic heterocycles. The fourth-order valence-electron chi connectivity index (χ4n) is 3.24. The highest BCUT2D eigenvalue weighted by Crippen LogP contribution is 2.28. The Morgan fingerprint density at radius 1 is 1.16 bits per heavy atom. The zero-order valence-corrected chi connectivity index (χ0v) is 14.9. The number of rotatable bonds is 5. The largest absolute Gasteiger partial charge is 0.380 e. The number of anilines is 2. The van der Waals surface area contributed by atoms with Gasteiger partial charge >= 0.3 is 0 Å². The van der Waals surface area contributed by atoms with Crippen LogP contribution in [0.4, 0.5) is 11.4 Å². The van der Waals surface area contributed by atoms with Gasteiger partial charge in [0, 0.05) is 24.2 Å². The number of halogens is 1. The number of hydrogen-bond donors (Lipinski definition) is 3. The van der Waals surface area contributed by atoms with Gasteiger partial charge in [0.2, 0.25) is 5.91 Å². The van der Waals surface area contributed by atoms with Crippen LogP contribution in [0.2, 0.25) is 5.02 Å². The molecule has 1 aliphatic carbocycles. The third kappa shape index (κ3) is 4.97. The van der Waals surface area contributed by atoms with E-state index in [0.717, 1.165) is 37.1 Å². The lowest BCUT2D eigenvalue weighted by molar-refractivity contribution is -0.120. The van der Waals surface area contributed by atoms with E-state index in [-0.39, 0.29) is 17.9 Å². The van der Waals surface area contributed by atoms with Crippen LogP contribution in [-0.2, 0) is 11.3 Å². The van der Waals surface area contributed by atoms with Crippen LogP contribution in [0.15, 0.2) is 48.5 Å². The van der Waals surface area contributed by atoms with Gasteiger partial charge in [0.15, 0.2) is 0 Å². The molecule has 4 nitrogen and oxygen atoms in total. The molecule has 2 atom stereocenters. The van der Waals surface area contributed by atoms with Crippen molar-refractivity contribution in [1.82, 2.24) is 0 Å². The van der Waals surface area contributed by atoms with Crippen LogP contribution >= 0.6 is 11.6 Å². The number of benzene rings is 2. The number of nitrogens with two attached hydrogens (primary N) is 1. The second-order valence-electron chi connectivity index (χ2n) is 6.65. The first-order valence-corrected chi connectivity index (χ1v) is 9.13. The highest BCUT2D eigenvalue weighted by atomic mass is 35.5. The van der Waals surface area contributed by atoms with E-state index in [4.69, 9.17) is 17.3 Å². The predicted molar refractivity (Wildman–Crippen MR) is 104 cm³/mol. The van der Waals surface area contributed by atoms with E-state index in [2.05, 4.69) is 22.8 Å². The summed E-state index contributed by atoms with van der Waals surface area (Å²) in [5.74, 6) is 0.0367. The summed E-state index contributed by atoms with van der Waals surface area (Å²) in [5.41, 5.74) is 8.73. The van der Waals surface area contributed by atoms with Gasteiger partial charge in [-0.3, -0.25) is 4.79 Å². The van der Waals surface area contributed by atoms with Gasteiger partial charge in [0.1, 0.15) is 0 Å². The molecule has 2 unspecified atom stereocenters. The average molecular weight is 358 g/mol. The maximum atomic E-state index is 12.4. The highest BCUT2D eigenvalue weighted by Gasteiger charge is 2.25. The molecular weight excluding hydrogens is 334 g/mol. The molecule has 0 spiro atoms. The van der Waals surface area contributed by atoms with E-state index in [1.54, 1.807) is 6.07 Å². The van der Waals surface area contributed by atoms with E-state index in [9.17, 15) is 4.79 Å². The predicted octanol–water partition coefficient (Wildman–Crippen LogP) is 4.41. The van der Waals surface area contributed by atoms with E-state index >= 15 is 0 Å². The van der Waals surface area contributed by atoms with Gasteiger partial charge in [-0.2, -0.15) is 0 Å². The maximum Gasteiger partial charge on any atom is 0.227 e. The summed E-state index contributed by atoms with van der Waals surface area (Å²) in [4.78, 5) is 12.4. The van der Waals surface area contributed by atoms with Crippen molar-refractivity contribution in [2.45, 2.75) is 38.3 Å². The van der Waals surface area contributed by atoms with Crippen LogP contribution in [0.1, 0.15) is 31.2 Å². The molecule has 25 heavy (non-hydrogen) atoms. The first-order chi connectivity index (χ1) is 12.1. The summed E-state index contributed by atoms with van der Waals surface area (Å²) in [6.45, 7) is 0.701. The lowest BCUT2D eigenvalue weighted by Gasteiger charge is -2.25. The molecule has 3 rings (SSSR count). The van der Waals surface area contributed by atoms with Crippen molar-refractivity contribution in [3.63, 3.8) is 0 Å². The molecular formula is C20H24ClN3O. The minimum atomic E-state index is -0.00147. The lowest BCUT2D eigenvalue weighted by atomic mass is 9.85. The van der Waals surface area contributed by atoms with E-state index in [0.29, 0.717) is 11.6 Å². The first kappa shape index (κ1) is 17.8. The lowest BCUT2D eigenvalue weighted by Crippen LogP contribution is -2.34. The third-order valence-electron chi connectivity index (χ3n) is 4.65. The minimum Gasteiger partial charge on any atom is -0.380 e. The third-order valence-corrected chi connectivity index (χ3v) is 4.96. The van der Waals surface area contributed by atoms with Gasteiger partial charge < -0.3 is 16.4 Å². The molecule has 0 radical (unpaired) electrons. The Morgan fingerprint density at radius 3 is 2.68 bits per heavy atom. The molecule has 1 saturated carbocycles. The van der Waals surface area contributed by atoms with Crippen molar-refractivity contribution in [1.29, 1.82) is 0 Å². The van der Waals surface area contributed by atoms with Crippen LogP contribution in [0.3, 0.4) is 0 Å². The summed E-state index contributed by atoms with van der Waals surface area (Å²) in [5, 5.41) is 6.88. The Kier molecular flexibility index (Phi) is 5.95. The molecule has 0 bridgehead atoms. The Bertz CT molecular complexity index is 720. The van der Waals surface area contributed by atoms with Crippen LogP contribution in [0.5, 0.6) is 0 Å². The quantitative estimate of drug-likeness (QED) is 0.742. The Balaban J connectivity index is 1.58. The van der Waals surface area contributed by atoms with Crippen LogP contribution in [0, 0.1) is 5.92 Å². The van der Waals surface area contributed by atoms with Crippen molar-refractivity contribution in [3.05, 3.63) is 59.1 Å². The molecule has 1 amide bonds. The zero-order valence-electron chi connectivity index (χ0n) is 14.2. The van der Waals surface area contributed by atoms with Gasteiger partial charge in [0.05, 0.1) is 10.7 Å². The van der Waals surface area contributed by atoms with Gasteiger partial charge in [-0.25, -0.2) is 0 Å². The van der Waals surface area contributed by atoms with E-state index in [1.165, 1.54) is 5.56 Å². The van der Waals surface area contributed by atoms with Crippen molar-refractivity contribution < 1.29 is 4.79 Å². The summed E-state index contributed by atoms with van der Waals surface area (Å²) in [7, 11) is 0. The summed E-state index contributed by atoms with van der Waals surface area (Å²) in [6, 6.07) is 15.8. The SMILES string of the molecule is NC1CCCC(C(=O)Nc2ccc(NCc3ccccc3)c(Cl)c2)C1. The molecule has 2 aromatic carbocycles. The van der Waals surface area contributed by atoms with E-state index in [1.807, 2.05) is 30.3 Å². The van der Waals surface area contributed by atoms with Gasteiger partial charge in [0.25, 0.3) is 0 Å². The molecule has 5 heteroatoms. The number of hydrogen-bond acceptors (Lipinski definition) is 3. The molecule has 0 heterocycles. The number of nitrogens with one attached hydrogen (secondary N) is 2. The van der Waals surface area contributed by atoms with Crippen molar-refractivity contribution in [3.8, 4) is 0 Å². The van der Waals surface area contributed by atoms with E-state index < -0.39 is 0 Å². The smallest absolute Gasteiger partial charge is 0.227 e. The summed E-state index contributed by atoms with van der Waals surface area (Å²) >= 11 is 6.35. The Morgan fingerprint density at radius 2 is 1.96 bits per heavy atom. The van der Waals surface area contributed by atoms with Crippen LogP contribution < -0.4 is 16.4 Å². The Hall–Kier alpha value is -2.04. The first-order valence-electron chi connectivity index (χ1n) is 8.75. The van der Waals surface area contributed by atoms with Gasteiger partial charge in [-0.1, -0.05) is 48.4 Å². The fourth-order valence-corrected chi connectivity index (χ4v) is 3.49. The van der Waals surface area contributed by atoms with Gasteiger partial charge in [-0.05, 0) is 43.0 Å². The second kappa shape index (κ2) is 8.37. The molecule has 1 fully saturated rings. The maximum absolute atomic E-state index is 12.4. The molecule has 0 saturated heterocycles. The molecule has 0 aromatic heterocycles. The normalized spacial score (nSPS) is 20.1. The topological polar surface area (TPSA) is 67.2 Å². The standard InChI is InChI=1S/C20H24ClN3O/c21-18-12-17(24-20(25)15-7-4-8-16(22)11-15)9-10-19(18)23-13-14-5-2-1-3-6-14/h1-3,5-6,9-10,12,15-16,23H,4,7-8,11,13,22H2,(H,24,25). The minimum absolute atomic E-state index is 0.00147.